The Hall–Kier alpha value is -3.21. The lowest BCUT2D eigenvalue weighted by molar-refractivity contribution is -0.139. The van der Waals surface area contributed by atoms with Crippen LogP contribution in [0.25, 0.3) is 0 Å². The molecule has 0 bridgehead atoms. The van der Waals surface area contributed by atoms with Crippen LogP contribution in [0.1, 0.15) is 18.5 Å². The third-order valence-corrected chi connectivity index (χ3v) is 8.20. The summed E-state index contributed by atoms with van der Waals surface area (Å²) in [6, 6.07) is 16.8. The van der Waals surface area contributed by atoms with Crippen molar-refractivity contribution in [2.45, 2.75) is 17.9 Å². The summed E-state index contributed by atoms with van der Waals surface area (Å²) in [4.78, 5) is 29.7. The van der Waals surface area contributed by atoms with Crippen LogP contribution in [-0.2, 0) is 19.6 Å². The summed E-state index contributed by atoms with van der Waals surface area (Å²) in [5, 5.41) is 2.91. The van der Waals surface area contributed by atoms with Crippen molar-refractivity contribution >= 4 is 22.0 Å². The summed E-state index contributed by atoms with van der Waals surface area (Å²) < 4.78 is 32.8. The molecule has 0 aliphatic carbocycles. The van der Waals surface area contributed by atoms with Crippen molar-refractivity contribution in [2.75, 3.05) is 46.4 Å². The number of urea groups is 1. The topological polar surface area (TPSA) is 99.3 Å². The fourth-order valence-corrected chi connectivity index (χ4v) is 5.82. The molecule has 2 aliphatic heterocycles. The zero-order valence-corrected chi connectivity index (χ0v) is 20.7. The maximum absolute atomic E-state index is 13.1. The van der Waals surface area contributed by atoms with Crippen LogP contribution in [0.5, 0.6) is 0 Å². The number of nitrogens with zero attached hydrogens (tertiary/aromatic N) is 3. The van der Waals surface area contributed by atoms with Gasteiger partial charge in [0.1, 0.15) is 0 Å². The average molecular weight is 499 g/mol. The van der Waals surface area contributed by atoms with Crippen LogP contribution in [0.15, 0.2) is 76.8 Å². The molecule has 10 heteroatoms. The van der Waals surface area contributed by atoms with Gasteiger partial charge in [-0.2, -0.15) is 4.31 Å². The molecular weight excluding hydrogens is 468 g/mol. The van der Waals surface area contributed by atoms with Crippen molar-refractivity contribution in [1.82, 2.24) is 19.4 Å². The Balaban J connectivity index is 1.58. The van der Waals surface area contributed by atoms with Gasteiger partial charge < -0.3 is 10.1 Å². The van der Waals surface area contributed by atoms with E-state index in [9.17, 15) is 18.0 Å². The Labute approximate surface area is 206 Å². The fourth-order valence-electron chi connectivity index (χ4n) is 4.37. The highest BCUT2D eigenvalue weighted by Gasteiger charge is 2.38. The number of amides is 2. The van der Waals surface area contributed by atoms with Gasteiger partial charge in [-0.1, -0.05) is 48.5 Å². The minimum Gasteiger partial charge on any atom is -0.463 e. The maximum atomic E-state index is 13.1. The van der Waals surface area contributed by atoms with Crippen molar-refractivity contribution < 1.29 is 22.7 Å². The molecule has 0 radical (unpaired) electrons. The van der Waals surface area contributed by atoms with E-state index in [1.807, 2.05) is 30.3 Å². The summed E-state index contributed by atoms with van der Waals surface area (Å²) in [6.45, 7) is 3.85. The number of rotatable bonds is 7. The number of carbonyl (C=O) groups excluding carboxylic acids is 2. The Morgan fingerprint density at radius 1 is 1.00 bits per heavy atom. The van der Waals surface area contributed by atoms with Gasteiger partial charge in [0.25, 0.3) is 0 Å². The highest BCUT2D eigenvalue weighted by molar-refractivity contribution is 7.89. The molecule has 0 saturated carbocycles. The Morgan fingerprint density at radius 2 is 1.60 bits per heavy atom. The molecule has 9 nitrogen and oxygen atoms in total. The second-order valence-electron chi connectivity index (χ2n) is 8.43. The van der Waals surface area contributed by atoms with Crippen LogP contribution in [0.4, 0.5) is 4.79 Å². The Morgan fingerprint density at radius 3 is 2.20 bits per heavy atom. The van der Waals surface area contributed by atoms with Gasteiger partial charge in [-0.05, 0) is 24.6 Å². The highest BCUT2D eigenvalue weighted by atomic mass is 32.2. The van der Waals surface area contributed by atoms with Crippen molar-refractivity contribution in [3.05, 3.63) is 77.5 Å². The Kier molecular flexibility index (Phi) is 7.54. The molecule has 1 saturated heterocycles. The number of nitrogens with one attached hydrogen (secondary N) is 1. The van der Waals surface area contributed by atoms with E-state index < -0.39 is 22.0 Å². The summed E-state index contributed by atoms with van der Waals surface area (Å²) >= 11 is 0. The summed E-state index contributed by atoms with van der Waals surface area (Å²) in [6.07, 6.45) is 0. The number of sulfonamides is 1. The second-order valence-corrected chi connectivity index (χ2v) is 10.4. The molecule has 0 spiro atoms. The predicted octanol–water partition coefficient (Wildman–Crippen LogP) is 2.21. The van der Waals surface area contributed by atoms with Gasteiger partial charge in [0.2, 0.25) is 10.0 Å². The van der Waals surface area contributed by atoms with Crippen LogP contribution in [0.2, 0.25) is 0 Å². The van der Waals surface area contributed by atoms with Gasteiger partial charge >= 0.3 is 12.0 Å². The predicted molar refractivity (Wildman–Crippen MR) is 131 cm³/mol. The number of carbonyl (C=O) groups is 2. The number of likely N-dealkylation sites (N-methyl/N-ethyl adjacent to an activating group) is 1. The molecule has 2 aromatic rings. The smallest absolute Gasteiger partial charge is 0.338 e. The lowest BCUT2D eigenvalue weighted by Crippen LogP contribution is -2.53. The molecule has 0 aromatic heterocycles. The third kappa shape index (κ3) is 5.24. The quantitative estimate of drug-likeness (QED) is 0.588. The van der Waals surface area contributed by atoms with Crippen LogP contribution in [0.3, 0.4) is 0 Å². The zero-order chi connectivity index (χ0) is 25.0. The van der Waals surface area contributed by atoms with E-state index in [1.54, 1.807) is 44.3 Å². The molecule has 1 atom stereocenters. The van der Waals surface area contributed by atoms with E-state index in [2.05, 4.69) is 10.2 Å². The van der Waals surface area contributed by atoms with E-state index in [-0.39, 0.29) is 17.5 Å². The fraction of sp³-hybridized carbons (Fsp3) is 0.360. The first kappa shape index (κ1) is 24.9. The number of hydrogen-bond donors (Lipinski definition) is 1. The molecule has 0 unspecified atom stereocenters. The lowest BCUT2D eigenvalue weighted by Gasteiger charge is -2.39. The number of benzene rings is 2. The van der Waals surface area contributed by atoms with Gasteiger partial charge in [0.15, 0.2) is 0 Å². The third-order valence-electron chi connectivity index (χ3n) is 6.29. The molecule has 2 heterocycles. The van der Waals surface area contributed by atoms with Crippen LogP contribution >= 0.6 is 0 Å². The average Bonchev–Trinajstić information content (AvgIpc) is 2.88. The molecule has 1 N–H and O–H groups in total. The Bertz CT molecular complexity index is 1190. The molecule has 2 amide bonds. The van der Waals surface area contributed by atoms with Crippen LogP contribution in [0, 0.1) is 0 Å². The number of hydrogen-bond acceptors (Lipinski definition) is 6. The molecule has 4 rings (SSSR count). The zero-order valence-electron chi connectivity index (χ0n) is 19.9. The number of ether oxygens (including phenoxy) is 1. The molecule has 35 heavy (non-hydrogen) atoms. The number of esters is 1. The highest BCUT2D eigenvalue weighted by Crippen LogP contribution is 2.31. The summed E-state index contributed by atoms with van der Waals surface area (Å²) in [7, 11) is -1.94. The number of piperazine rings is 1. The minimum atomic E-state index is -3.57. The monoisotopic (exact) mass is 498 g/mol. The van der Waals surface area contributed by atoms with Gasteiger partial charge in [-0.3, -0.25) is 9.80 Å². The maximum Gasteiger partial charge on any atom is 0.338 e. The SMILES string of the molecule is CCOC(=O)C1=C(CN2CCN(S(=O)(=O)c3ccccc3)CC2)N(C)C(=O)N[C@@H]1c1ccccc1. The van der Waals surface area contributed by atoms with Crippen LogP contribution in [-0.4, -0.2) is 80.9 Å². The van der Waals surface area contributed by atoms with E-state index >= 15 is 0 Å². The first-order chi connectivity index (χ1) is 16.8. The van der Waals surface area contributed by atoms with Crippen molar-refractivity contribution in [3.8, 4) is 0 Å². The molecule has 186 valence electrons. The first-order valence-electron chi connectivity index (χ1n) is 11.6. The van der Waals surface area contributed by atoms with E-state index in [0.29, 0.717) is 44.0 Å². The van der Waals surface area contributed by atoms with Crippen molar-refractivity contribution in [3.63, 3.8) is 0 Å². The van der Waals surface area contributed by atoms with Gasteiger partial charge in [-0.15, -0.1) is 0 Å². The van der Waals surface area contributed by atoms with Gasteiger partial charge in [-0.25, -0.2) is 18.0 Å². The standard InChI is InChI=1S/C25H30N4O5S/c1-3-34-24(30)22-21(27(2)25(31)26-23(22)19-10-6-4-7-11-19)18-28-14-16-29(17-15-28)35(32,33)20-12-8-5-9-13-20/h4-13,23H,3,14-18H2,1-2H3,(H,26,31)/t23-/m1/s1. The first-order valence-corrected chi connectivity index (χ1v) is 13.0. The van der Waals surface area contributed by atoms with E-state index in [4.69, 9.17) is 4.74 Å². The summed E-state index contributed by atoms with van der Waals surface area (Å²) in [5.74, 6) is -0.478. The molecule has 2 aliphatic rings. The lowest BCUT2D eigenvalue weighted by atomic mass is 9.94. The molecule has 1 fully saturated rings. The minimum absolute atomic E-state index is 0.213. The van der Waals surface area contributed by atoms with Gasteiger partial charge in [0, 0.05) is 45.5 Å². The largest absolute Gasteiger partial charge is 0.463 e. The molecule has 2 aromatic carbocycles. The van der Waals surface area contributed by atoms with Crippen molar-refractivity contribution in [1.29, 1.82) is 0 Å². The van der Waals surface area contributed by atoms with Crippen LogP contribution < -0.4 is 5.32 Å². The normalized spacial score (nSPS) is 20.0. The van der Waals surface area contributed by atoms with E-state index in [1.165, 1.54) is 9.21 Å². The molecular formula is C25H30N4O5S. The van der Waals surface area contributed by atoms with Crippen molar-refractivity contribution in [2.24, 2.45) is 0 Å². The summed E-state index contributed by atoms with van der Waals surface area (Å²) in [5.41, 5.74) is 1.73. The van der Waals surface area contributed by atoms with Gasteiger partial charge in [0.05, 0.1) is 23.1 Å². The van der Waals surface area contributed by atoms with E-state index in [0.717, 1.165) is 5.56 Å². The second kappa shape index (κ2) is 10.6.